The molecule has 0 aliphatic carbocycles. The van der Waals surface area contributed by atoms with Crippen LogP contribution in [-0.4, -0.2) is 24.8 Å². The number of nitrogens with zero attached hydrogens (tertiary/aromatic N) is 1. The van der Waals surface area contributed by atoms with Crippen molar-refractivity contribution in [3.63, 3.8) is 0 Å². The van der Waals surface area contributed by atoms with Gasteiger partial charge in [0, 0.05) is 34.0 Å². The minimum atomic E-state index is -0.166. The number of carbonyl (C=O) groups excluding carboxylic acids is 1. The van der Waals surface area contributed by atoms with Crippen LogP contribution in [0, 0.1) is 6.92 Å². The van der Waals surface area contributed by atoms with Crippen LogP contribution >= 0.6 is 15.9 Å². The molecule has 0 saturated heterocycles. The van der Waals surface area contributed by atoms with Crippen LogP contribution in [0.15, 0.2) is 46.9 Å². The van der Waals surface area contributed by atoms with Gasteiger partial charge in [-0.2, -0.15) is 0 Å². The number of esters is 1. The number of rotatable bonds is 7. The van der Waals surface area contributed by atoms with Crippen LogP contribution in [0.4, 0.5) is 0 Å². The molecule has 5 heteroatoms. The number of aromatic nitrogens is 1. The zero-order valence-corrected chi connectivity index (χ0v) is 18.4. The molecule has 0 saturated carbocycles. The molecule has 0 bridgehead atoms. The van der Waals surface area contributed by atoms with Crippen molar-refractivity contribution in [2.75, 3.05) is 14.2 Å². The highest BCUT2D eigenvalue weighted by atomic mass is 79.9. The molecule has 0 aliphatic rings. The molecule has 0 radical (unpaired) electrons. The van der Waals surface area contributed by atoms with Gasteiger partial charge < -0.3 is 14.0 Å². The molecule has 2 aromatic carbocycles. The van der Waals surface area contributed by atoms with Crippen LogP contribution in [0.5, 0.6) is 5.75 Å². The van der Waals surface area contributed by atoms with E-state index in [1.165, 1.54) is 34.8 Å². The zero-order chi connectivity index (χ0) is 20.3. The van der Waals surface area contributed by atoms with Crippen molar-refractivity contribution in [3.8, 4) is 5.75 Å². The number of benzene rings is 2. The molecular formula is C23H26BrNO3. The van der Waals surface area contributed by atoms with E-state index in [0.29, 0.717) is 6.42 Å². The Bertz CT molecular complexity index is 976. The Hall–Kier alpha value is -2.27. The summed E-state index contributed by atoms with van der Waals surface area (Å²) in [6, 6.07) is 14.6. The second kappa shape index (κ2) is 8.82. The summed E-state index contributed by atoms with van der Waals surface area (Å²) >= 11 is 3.50. The number of carbonyl (C=O) groups is 1. The molecule has 0 spiro atoms. The Kier molecular flexibility index (Phi) is 6.45. The number of ether oxygens (including phenoxy) is 2. The van der Waals surface area contributed by atoms with Crippen molar-refractivity contribution in [1.82, 2.24) is 4.57 Å². The van der Waals surface area contributed by atoms with E-state index in [9.17, 15) is 4.79 Å². The van der Waals surface area contributed by atoms with Crippen molar-refractivity contribution in [1.29, 1.82) is 0 Å². The Labute approximate surface area is 174 Å². The van der Waals surface area contributed by atoms with Crippen LogP contribution in [-0.2, 0) is 16.1 Å². The molecule has 1 atom stereocenters. The quantitative estimate of drug-likeness (QED) is 0.431. The molecule has 1 unspecified atom stereocenters. The summed E-state index contributed by atoms with van der Waals surface area (Å²) < 4.78 is 13.7. The van der Waals surface area contributed by atoms with Crippen LogP contribution < -0.4 is 4.74 Å². The molecule has 0 N–H and O–H groups in total. The van der Waals surface area contributed by atoms with Crippen LogP contribution in [0.25, 0.3) is 10.9 Å². The maximum Gasteiger partial charge on any atom is 0.305 e. The number of hydrogen-bond acceptors (Lipinski definition) is 3. The summed E-state index contributed by atoms with van der Waals surface area (Å²) in [6.07, 6.45) is 1.17. The van der Waals surface area contributed by atoms with Crippen molar-refractivity contribution in [3.05, 3.63) is 63.8 Å². The van der Waals surface area contributed by atoms with Crippen LogP contribution in [0.1, 0.15) is 42.5 Å². The van der Waals surface area contributed by atoms with E-state index >= 15 is 0 Å². The first-order chi connectivity index (χ1) is 13.4. The smallest absolute Gasteiger partial charge is 0.305 e. The number of hydrogen-bond donors (Lipinski definition) is 0. The highest BCUT2D eigenvalue weighted by Crippen LogP contribution is 2.36. The Morgan fingerprint density at radius 2 is 1.86 bits per heavy atom. The van der Waals surface area contributed by atoms with Gasteiger partial charge in [-0.05, 0) is 60.7 Å². The zero-order valence-electron chi connectivity index (χ0n) is 16.8. The summed E-state index contributed by atoms with van der Waals surface area (Å²) in [5.41, 5.74) is 4.92. The molecule has 1 aromatic heterocycles. The van der Waals surface area contributed by atoms with Gasteiger partial charge in [0.05, 0.1) is 14.2 Å². The van der Waals surface area contributed by atoms with E-state index in [2.05, 4.69) is 70.7 Å². The number of fused-ring (bicyclic) bond motifs is 1. The van der Waals surface area contributed by atoms with E-state index in [0.717, 1.165) is 23.2 Å². The van der Waals surface area contributed by atoms with Gasteiger partial charge >= 0.3 is 5.97 Å². The van der Waals surface area contributed by atoms with Crippen molar-refractivity contribution in [2.45, 2.75) is 39.2 Å². The maximum atomic E-state index is 11.6. The average Bonchev–Trinajstić information content (AvgIpc) is 2.98. The molecule has 3 aromatic rings. The third-order valence-corrected chi connectivity index (χ3v) is 5.86. The lowest BCUT2D eigenvalue weighted by atomic mass is 9.93. The molecule has 0 fully saturated rings. The summed E-state index contributed by atoms with van der Waals surface area (Å²) in [7, 11) is 3.13. The average molecular weight is 444 g/mol. The first-order valence-corrected chi connectivity index (χ1v) is 10.2. The van der Waals surface area contributed by atoms with Gasteiger partial charge in [0.1, 0.15) is 5.75 Å². The first kappa shape index (κ1) is 20.5. The third kappa shape index (κ3) is 4.25. The highest BCUT2D eigenvalue weighted by molar-refractivity contribution is 9.10. The molecular weight excluding hydrogens is 418 g/mol. The monoisotopic (exact) mass is 443 g/mol. The Balaban J connectivity index is 2.04. The number of halogens is 1. The lowest BCUT2D eigenvalue weighted by Gasteiger charge is -2.13. The first-order valence-electron chi connectivity index (χ1n) is 9.42. The van der Waals surface area contributed by atoms with Crippen molar-refractivity contribution >= 4 is 32.8 Å². The van der Waals surface area contributed by atoms with Crippen LogP contribution in [0.2, 0.25) is 0 Å². The summed E-state index contributed by atoms with van der Waals surface area (Å²) in [4.78, 5) is 11.6. The largest absolute Gasteiger partial charge is 0.497 e. The van der Waals surface area contributed by atoms with Crippen LogP contribution in [0.3, 0.4) is 0 Å². The number of methoxy groups -OCH3 is 2. The van der Waals surface area contributed by atoms with E-state index in [-0.39, 0.29) is 11.9 Å². The minimum Gasteiger partial charge on any atom is -0.497 e. The van der Waals surface area contributed by atoms with E-state index < -0.39 is 0 Å². The molecule has 148 valence electrons. The standard InChI is InChI=1S/C23H26BrNO3/c1-15(5-12-22(26)28-4)23-16(2)25(14-17-6-8-18(24)9-7-17)21-11-10-19(27-3)13-20(21)23/h6-11,13,15H,5,12,14H2,1-4H3. The summed E-state index contributed by atoms with van der Waals surface area (Å²) in [5, 5.41) is 1.19. The van der Waals surface area contributed by atoms with Crippen molar-refractivity contribution in [2.24, 2.45) is 0 Å². The predicted molar refractivity (Wildman–Crippen MR) is 116 cm³/mol. The second-order valence-corrected chi connectivity index (χ2v) is 8.03. The summed E-state index contributed by atoms with van der Waals surface area (Å²) in [6.45, 7) is 5.13. The molecule has 1 heterocycles. The van der Waals surface area contributed by atoms with Gasteiger partial charge in [-0.3, -0.25) is 4.79 Å². The maximum absolute atomic E-state index is 11.6. The van der Waals surface area contributed by atoms with E-state index in [1.807, 2.05) is 6.07 Å². The van der Waals surface area contributed by atoms with Crippen molar-refractivity contribution < 1.29 is 14.3 Å². The fourth-order valence-electron chi connectivity index (χ4n) is 3.79. The van der Waals surface area contributed by atoms with E-state index in [1.54, 1.807) is 7.11 Å². The lowest BCUT2D eigenvalue weighted by Crippen LogP contribution is -2.06. The minimum absolute atomic E-state index is 0.166. The van der Waals surface area contributed by atoms with Gasteiger partial charge in [0.2, 0.25) is 0 Å². The summed E-state index contributed by atoms with van der Waals surface area (Å²) in [5.74, 6) is 0.912. The Morgan fingerprint density at radius 3 is 2.50 bits per heavy atom. The third-order valence-electron chi connectivity index (χ3n) is 5.34. The SMILES string of the molecule is COC(=O)CCC(C)c1c(C)n(Cc2ccc(Br)cc2)c2ccc(OC)cc12. The highest BCUT2D eigenvalue weighted by Gasteiger charge is 2.20. The second-order valence-electron chi connectivity index (χ2n) is 7.11. The van der Waals surface area contributed by atoms with Gasteiger partial charge in [-0.1, -0.05) is 35.0 Å². The topological polar surface area (TPSA) is 40.5 Å². The predicted octanol–water partition coefficient (Wildman–Crippen LogP) is 5.83. The van der Waals surface area contributed by atoms with Gasteiger partial charge in [-0.15, -0.1) is 0 Å². The van der Waals surface area contributed by atoms with Gasteiger partial charge in [0.15, 0.2) is 0 Å². The lowest BCUT2D eigenvalue weighted by molar-refractivity contribution is -0.140. The fraction of sp³-hybridized carbons (Fsp3) is 0.348. The fourth-order valence-corrected chi connectivity index (χ4v) is 4.06. The Morgan fingerprint density at radius 1 is 1.14 bits per heavy atom. The molecule has 0 amide bonds. The molecule has 4 nitrogen and oxygen atoms in total. The van der Waals surface area contributed by atoms with Gasteiger partial charge in [-0.25, -0.2) is 0 Å². The molecule has 28 heavy (non-hydrogen) atoms. The normalized spacial score (nSPS) is 12.2. The molecule has 3 rings (SSSR count). The molecule has 0 aliphatic heterocycles. The van der Waals surface area contributed by atoms with E-state index in [4.69, 9.17) is 9.47 Å². The van der Waals surface area contributed by atoms with Gasteiger partial charge in [0.25, 0.3) is 0 Å².